The van der Waals surface area contributed by atoms with Gasteiger partial charge in [-0.2, -0.15) is 0 Å². The van der Waals surface area contributed by atoms with Crippen molar-refractivity contribution in [2.75, 3.05) is 31.5 Å². The fourth-order valence-corrected chi connectivity index (χ4v) is 3.96. The van der Waals surface area contributed by atoms with E-state index >= 15 is 0 Å². The molecule has 1 aromatic rings. The molecule has 0 radical (unpaired) electrons. The van der Waals surface area contributed by atoms with Crippen LogP contribution in [0.5, 0.6) is 0 Å². The standard InChI is InChI=1S/C17H21NOS2/c1-18(2)14-8-5-12(6-9-14)11-13-7-10-15(16(13)19)17(20-3)21-4/h5-6,8-9,11H,7,10H2,1-4H3. The van der Waals surface area contributed by atoms with Gasteiger partial charge in [-0.3, -0.25) is 4.79 Å². The minimum absolute atomic E-state index is 0.227. The van der Waals surface area contributed by atoms with Crippen LogP contribution in [0.1, 0.15) is 18.4 Å². The largest absolute Gasteiger partial charge is 0.378 e. The third-order valence-corrected chi connectivity index (χ3v) is 5.81. The highest BCUT2D eigenvalue weighted by Gasteiger charge is 2.25. The van der Waals surface area contributed by atoms with Crippen molar-refractivity contribution in [1.29, 1.82) is 0 Å². The summed E-state index contributed by atoms with van der Waals surface area (Å²) < 4.78 is 1.16. The number of rotatable bonds is 4. The van der Waals surface area contributed by atoms with Crippen molar-refractivity contribution in [1.82, 2.24) is 0 Å². The molecule has 0 spiro atoms. The van der Waals surface area contributed by atoms with Gasteiger partial charge >= 0.3 is 0 Å². The Morgan fingerprint density at radius 1 is 1.10 bits per heavy atom. The number of carbonyl (C=O) groups excluding carboxylic acids is 1. The molecule has 0 bridgehead atoms. The summed E-state index contributed by atoms with van der Waals surface area (Å²) in [6.07, 6.45) is 7.83. The zero-order valence-corrected chi connectivity index (χ0v) is 14.6. The molecule has 1 aromatic carbocycles. The number of anilines is 1. The van der Waals surface area contributed by atoms with Gasteiger partial charge in [-0.1, -0.05) is 12.1 Å². The van der Waals surface area contributed by atoms with Gasteiger partial charge < -0.3 is 4.90 Å². The highest BCUT2D eigenvalue weighted by atomic mass is 32.2. The highest BCUT2D eigenvalue weighted by molar-refractivity contribution is 8.21. The first kappa shape index (κ1) is 16.2. The summed E-state index contributed by atoms with van der Waals surface area (Å²) in [5, 5.41) is 0. The molecule has 0 aromatic heterocycles. The molecular formula is C17H21NOS2. The number of nitrogens with zero attached hydrogens (tertiary/aromatic N) is 1. The Bertz CT molecular complexity index is 579. The summed E-state index contributed by atoms with van der Waals surface area (Å²) in [6.45, 7) is 0. The minimum Gasteiger partial charge on any atom is -0.378 e. The number of allylic oxidation sites excluding steroid dienone is 2. The lowest BCUT2D eigenvalue weighted by Crippen LogP contribution is -2.07. The Morgan fingerprint density at radius 2 is 1.71 bits per heavy atom. The van der Waals surface area contributed by atoms with Crippen LogP contribution in [-0.2, 0) is 4.79 Å². The number of hydrogen-bond donors (Lipinski definition) is 0. The average molecular weight is 319 g/mol. The van der Waals surface area contributed by atoms with E-state index in [4.69, 9.17) is 0 Å². The lowest BCUT2D eigenvalue weighted by Gasteiger charge is -2.11. The number of thioether (sulfide) groups is 2. The van der Waals surface area contributed by atoms with Crippen LogP contribution in [0.15, 0.2) is 39.6 Å². The first-order valence-corrected chi connectivity index (χ1v) is 9.35. The first-order valence-electron chi connectivity index (χ1n) is 6.90. The van der Waals surface area contributed by atoms with Gasteiger partial charge in [0.05, 0.1) is 0 Å². The molecule has 0 amide bonds. The summed E-state index contributed by atoms with van der Waals surface area (Å²) in [7, 11) is 4.05. The lowest BCUT2D eigenvalue weighted by atomic mass is 10.1. The number of hydrogen-bond acceptors (Lipinski definition) is 4. The van der Waals surface area contributed by atoms with E-state index in [0.717, 1.165) is 33.8 Å². The zero-order chi connectivity index (χ0) is 15.4. The molecule has 2 rings (SSSR count). The van der Waals surface area contributed by atoms with E-state index in [1.807, 2.05) is 32.7 Å². The van der Waals surface area contributed by atoms with E-state index in [2.05, 4.69) is 29.2 Å². The van der Waals surface area contributed by atoms with Crippen molar-refractivity contribution < 1.29 is 4.79 Å². The molecule has 1 fully saturated rings. The van der Waals surface area contributed by atoms with Crippen LogP contribution in [0.4, 0.5) is 5.69 Å². The van der Waals surface area contributed by atoms with E-state index in [1.165, 1.54) is 5.69 Å². The average Bonchev–Trinajstić information content (AvgIpc) is 2.83. The molecule has 4 heteroatoms. The number of carbonyl (C=O) groups is 1. The topological polar surface area (TPSA) is 20.3 Å². The second kappa shape index (κ2) is 7.23. The van der Waals surface area contributed by atoms with Crippen LogP contribution in [0, 0.1) is 0 Å². The van der Waals surface area contributed by atoms with Gasteiger partial charge in [-0.25, -0.2) is 0 Å². The Morgan fingerprint density at radius 3 is 2.24 bits per heavy atom. The van der Waals surface area contributed by atoms with Gasteiger partial charge in [-0.05, 0) is 49.1 Å². The third-order valence-electron chi connectivity index (χ3n) is 3.58. The van der Waals surface area contributed by atoms with Crippen molar-refractivity contribution >= 4 is 41.1 Å². The molecule has 1 aliphatic carbocycles. The molecule has 0 atom stereocenters. The maximum Gasteiger partial charge on any atom is 0.186 e. The molecule has 0 N–H and O–H groups in total. The van der Waals surface area contributed by atoms with E-state index in [-0.39, 0.29) is 5.78 Å². The van der Waals surface area contributed by atoms with Crippen LogP contribution in [0.3, 0.4) is 0 Å². The van der Waals surface area contributed by atoms with Crippen LogP contribution in [0.25, 0.3) is 6.08 Å². The summed E-state index contributed by atoms with van der Waals surface area (Å²) in [5.74, 6) is 0.227. The summed E-state index contributed by atoms with van der Waals surface area (Å²) in [6, 6.07) is 8.30. The Labute approximate surface area is 135 Å². The van der Waals surface area contributed by atoms with Crippen molar-refractivity contribution in [3.05, 3.63) is 45.2 Å². The van der Waals surface area contributed by atoms with Crippen molar-refractivity contribution in [2.45, 2.75) is 12.8 Å². The molecule has 21 heavy (non-hydrogen) atoms. The minimum atomic E-state index is 0.227. The number of Topliss-reactive ketones (excluding diaryl/α,β-unsaturated/α-hetero) is 1. The van der Waals surface area contributed by atoms with Gasteiger partial charge in [0.25, 0.3) is 0 Å². The summed E-state index contributed by atoms with van der Waals surface area (Å²) >= 11 is 3.35. The molecule has 0 aliphatic heterocycles. The van der Waals surface area contributed by atoms with Crippen molar-refractivity contribution in [3.63, 3.8) is 0 Å². The van der Waals surface area contributed by atoms with Crippen LogP contribution >= 0.6 is 23.5 Å². The second-order valence-corrected chi connectivity index (χ2v) is 7.05. The fourth-order valence-electron chi connectivity index (χ4n) is 2.41. The van der Waals surface area contributed by atoms with E-state index in [9.17, 15) is 4.79 Å². The smallest absolute Gasteiger partial charge is 0.186 e. The number of ketones is 1. The SMILES string of the molecule is CSC(SC)=C1CCC(=Cc2ccc(N(C)C)cc2)C1=O. The Kier molecular flexibility index (Phi) is 5.59. The quantitative estimate of drug-likeness (QED) is 0.764. The van der Waals surface area contributed by atoms with Crippen LogP contribution in [-0.4, -0.2) is 32.4 Å². The normalized spacial score (nSPS) is 16.7. The molecule has 112 valence electrons. The predicted molar refractivity (Wildman–Crippen MR) is 97.0 cm³/mol. The van der Waals surface area contributed by atoms with Gasteiger partial charge in [0.2, 0.25) is 0 Å². The highest BCUT2D eigenvalue weighted by Crippen LogP contribution is 2.37. The maximum atomic E-state index is 12.5. The second-order valence-electron chi connectivity index (χ2n) is 5.16. The van der Waals surface area contributed by atoms with Gasteiger partial charge in [0.1, 0.15) is 0 Å². The molecule has 0 heterocycles. The van der Waals surface area contributed by atoms with E-state index < -0.39 is 0 Å². The fraction of sp³-hybridized carbons (Fsp3) is 0.353. The van der Waals surface area contributed by atoms with Crippen molar-refractivity contribution in [2.24, 2.45) is 0 Å². The van der Waals surface area contributed by atoms with Crippen LogP contribution < -0.4 is 4.90 Å². The third kappa shape index (κ3) is 3.74. The van der Waals surface area contributed by atoms with Gasteiger partial charge in [0, 0.05) is 35.2 Å². The van der Waals surface area contributed by atoms with Gasteiger partial charge in [0.15, 0.2) is 5.78 Å². The van der Waals surface area contributed by atoms with Gasteiger partial charge in [-0.15, -0.1) is 23.5 Å². The van der Waals surface area contributed by atoms with E-state index in [0.29, 0.717) is 0 Å². The van der Waals surface area contributed by atoms with E-state index in [1.54, 1.807) is 23.5 Å². The zero-order valence-electron chi connectivity index (χ0n) is 13.0. The maximum absolute atomic E-state index is 12.5. The molecule has 1 saturated carbocycles. The molecule has 1 aliphatic rings. The predicted octanol–water partition coefficient (Wildman–Crippen LogP) is 4.44. The molecule has 2 nitrogen and oxygen atoms in total. The summed E-state index contributed by atoms with van der Waals surface area (Å²) in [5.41, 5.74) is 4.19. The first-order chi connectivity index (χ1) is 10.1. The molecule has 0 saturated heterocycles. The van der Waals surface area contributed by atoms with Crippen LogP contribution in [0.2, 0.25) is 0 Å². The molecular weight excluding hydrogens is 298 g/mol. The Balaban J connectivity index is 2.23. The summed E-state index contributed by atoms with van der Waals surface area (Å²) in [4.78, 5) is 14.6. The monoisotopic (exact) mass is 319 g/mol. The van der Waals surface area contributed by atoms with Crippen molar-refractivity contribution in [3.8, 4) is 0 Å². The Hall–Kier alpha value is -1.13. The number of benzene rings is 1. The molecule has 0 unspecified atom stereocenters. The lowest BCUT2D eigenvalue weighted by molar-refractivity contribution is -0.111.